The molecule has 96 valence electrons. The standard InChI is InChI=1S/C12H12BrNO4/c13-8-4-9(14(16)17)6-12(5-8)18-11-3-1-2-10(15)7-11/h4-6,11H,1-3,7H2. The van der Waals surface area contributed by atoms with Crippen LogP contribution in [0.5, 0.6) is 5.75 Å². The van der Waals surface area contributed by atoms with Crippen molar-refractivity contribution in [3.8, 4) is 5.75 Å². The van der Waals surface area contributed by atoms with Gasteiger partial charge in [0.05, 0.1) is 11.0 Å². The Morgan fingerprint density at radius 1 is 1.39 bits per heavy atom. The van der Waals surface area contributed by atoms with Crippen LogP contribution in [0.15, 0.2) is 22.7 Å². The highest BCUT2D eigenvalue weighted by atomic mass is 79.9. The highest BCUT2D eigenvalue weighted by molar-refractivity contribution is 9.10. The molecule has 0 aliphatic heterocycles. The molecule has 0 spiro atoms. The average Bonchev–Trinajstić information content (AvgIpc) is 2.28. The predicted octanol–water partition coefficient (Wildman–Crippen LogP) is 3.25. The molecule has 0 bridgehead atoms. The zero-order valence-electron chi connectivity index (χ0n) is 9.60. The number of ketones is 1. The Kier molecular flexibility index (Phi) is 3.96. The van der Waals surface area contributed by atoms with Gasteiger partial charge in [0, 0.05) is 23.4 Å². The van der Waals surface area contributed by atoms with Crippen LogP contribution in [0, 0.1) is 10.1 Å². The van der Waals surface area contributed by atoms with Gasteiger partial charge in [-0.3, -0.25) is 14.9 Å². The fraction of sp³-hybridized carbons (Fsp3) is 0.417. The van der Waals surface area contributed by atoms with Gasteiger partial charge >= 0.3 is 0 Å². The van der Waals surface area contributed by atoms with Crippen LogP contribution in [0.2, 0.25) is 0 Å². The topological polar surface area (TPSA) is 69.4 Å². The number of carbonyl (C=O) groups excluding carboxylic acids is 1. The summed E-state index contributed by atoms with van der Waals surface area (Å²) < 4.78 is 6.23. The molecule has 18 heavy (non-hydrogen) atoms. The third kappa shape index (κ3) is 3.29. The van der Waals surface area contributed by atoms with Crippen LogP contribution in [-0.4, -0.2) is 16.8 Å². The Morgan fingerprint density at radius 3 is 2.83 bits per heavy atom. The molecule has 1 unspecified atom stereocenters. The van der Waals surface area contributed by atoms with Crippen LogP contribution in [0.3, 0.4) is 0 Å². The summed E-state index contributed by atoms with van der Waals surface area (Å²) in [6, 6.07) is 4.47. The van der Waals surface area contributed by atoms with Crippen molar-refractivity contribution in [2.75, 3.05) is 0 Å². The first-order valence-corrected chi connectivity index (χ1v) is 6.47. The molecule has 0 heterocycles. The molecule has 1 aliphatic carbocycles. The van der Waals surface area contributed by atoms with E-state index < -0.39 is 4.92 Å². The van der Waals surface area contributed by atoms with Gasteiger partial charge in [0.1, 0.15) is 17.6 Å². The van der Waals surface area contributed by atoms with Crippen LogP contribution in [0.4, 0.5) is 5.69 Å². The van der Waals surface area contributed by atoms with Crippen molar-refractivity contribution < 1.29 is 14.5 Å². The van der Waals surface area contributed by atoms with Gasteiger partial charge in [-0.1, -0.05) is 15.9 Å². The van der Waals surface area contributed by atoms with Crippen molar-refractivity contribution in [3.05, 3.63) is 32.8 Å². The molecule has 6 heteroatoms. The van der Waals surface area contributed by atoms with Crippen molar-refractivity contribution in [1.82, 2.24) is 0 Å². The van der Waals surface area contributed by atoms with Gasteiger partial charge < -0.3 is 4.74 Å². The van der Waals surface area contributed by atoms with Crippen molar-refractivity contribution in [2.45, 2.75) is 31.8 Å². The largest absolute Gasteiger partial charge is 0.490 e. The van der Waals surface area contributed by atoms with Gasteiger partial charge in [-0.15, -0.1) is 0 Å². The lowest BCUT2D eigenvalue weighted by Crippen LogP contribution is -2.25. The average molecular weight is 314 g/mol. The van der Waals surface area contributed by atoms with E-state index in [4.69, 9.17) is 4.74 Å². The van der Waals surface area contributed by atoms with Crippen LogP contribution >= 0.6 is 15.9 Å². The number of non-ortho nitro benzene ring substituents is 1. The lowest BCUT2D eigenvalue weighted by molar-refractivity contribution is -0.385. The van der Waals surface area contributed by atoms with Crippen molar-refractivity contribution in [1.29, 1.82) is 0 Å². The Labute approximate surface area is 112 Å². The third-order valence-electron chi connectivity index (χ3n) is 2.81. The van der Waals surface area contributed by atoms with Crippen molar-refractivity contribution in [3.63, 3.8) is 0 Å². The number of benzene rings is 1. The third-order valence-corrected chi connectivity index (χ3v) is 3.26. The van der Waals surface area contributed by atoms with E-state index in [9.17, 15) is 14.9 Å². The summed E-state index contributed by atoms with van der Waals surface area (Å²) in [5.74, 6) is 0.617. The number of rotatable bonds is 3. The second-order valence-electron chi connectivity index (χ2n) is 4.28. The van der Waals surface area contributed by atoms with Gasteiger partial charge in [-0.25, -0.2) is 0 Å². The van der Waals surface area contributed by atoms with Crippen LogP contribution in [-0.2, 0) is 4.79 Å². The van der Waals surface area contributed by atoms with Gasteiger partial charge in [-0.2, -0.15) is 0 Å². The number of ether oxygens (including phenoxy) is 1. The van der Waals surface area contributed by atoms with Gasteiger partial charge in [0.15, 0.2) is 0 Å². The SMILES string of the molecule is O=C1CCCC(Oc2cc(Br)cc([N+](=O)[O-])c2)C1. The number of halogens is 1. The lowest BCUT2D eigenvalue weighted by atomic mass is 9.96. The summed E-state index contributed by atoms with van der Waals surface area (Å²) in [5.41, 5.74) is -0.0264. The first kappa shape index (κ1) is 13.0. The summed E-state index contributed by atoms with van der Waals surface area (Å²) in [7, 11) is 0. The normalized spacial score (nSPS) is 19.6. The Hall–Kier alpha value is -1.43. The van der Waals surface area contributed by atoms with E-state index in [0.717, 1.165) is 12.8 Å². The van der Waals surface area contributed by atoms with E-state index in [-0.39, 0.29) is 17.6 Å². The molecule has 1 aliphatic rings. The number of Topliss-reactive ketones (excluding diaryl/α,β-unsaturated/α-hetero) is 1. The first-order chi connectivity index (χ1) is 8.54. The molecule has 1 aromatic carbocycles. The molecule has 0 saturated heterocycles. The van der Waals surface area contributed by atoms with E-state index in [1.165, 1.54) is 12.1 Å². The maximum absolute atomic E-state index is 11.3. The Bertz CT molecular complexity index is 489. The van der Waals surface area contributed by atoms with E-state index in [2.05, 4.69) is 15.9 Å². The van der Waals surface area contributed by atoms with E-state index in [0.29, 0.717) is 23.1 Å². The molecule has 1 saturated carbocycles. The molecule has 1 atom stereocenters. The molecular formula is C12H12BrNO4. The molecule has 5 nitrogen and oxygen atoms in total. The molecule has 1 fully saturated rings. The summed E-state index contributed by atoms with van der Waals surface area (Å²) in [6.45, 7) is 0. The van der Waals surface area contributed by atoms with E-state index in [1.54, 1.807) is 6.07 Å². The summed E-state index contributed by atoms with van der Waals surface area (Å²) in [5, 5.41) is 10.7. The number of nitro benzene ring substituents is 1. The Morgan fingerprint density at radius 2 is 2.17 bits per heavy atom. The highest BCUT2D eigenvalue weighted by Crippen LogP contribution is 2.29. The van der Waals surface area contributed by atoms with Gasteiger partial charge in [0.2, 0.25) is 0 Å². The number of carbonyl (C=O) groups is 1. The fourth-order valence-electron chi connectivity index (χ4n) is 2.00. The van der Waals surface area contributed by atoms with E-state index in [1.807, 2.05) is 0 Å². The van der Waals surface area contributed by atoms with Gasteiger partial charge in [-0.05, 0) is 18.9 Å². The monoisotopic (exact) mass is 313 g/mol. The van der Waals surface area contributed by atoms with E-state index >= 15 is 0 Å². The zero-order chi connectivity index (χ0) is 13.1. The highest BCUT2D eigenvalue weighted by Gasteiger charge is 2.21. The summed E-state index contributed by atoms with van der Waals surface area (Å²) in [4.78, 5) is 21.6. The zero-order valence-corrected chi connectivity index (χ0v) is 11.2. The summed E-state index contributed by atoms with van der Waals surface area (Å²) in [6.07, 6.45) is 2.46. The first-order valence-electron chi connectivity index (χ1n) is 5.68. The Balaban J connectivity index is 2.13. The number of nitro groups is 1. The van der Waals surface area contributed by atoms with Crippen molar-refractivity contribution >= 4 is 27.4 Å². The number of hydrogen-bond donors (Lipinski definition) is 0. The fourth-order valence-corrected chi connectivity index (χ4v) is 2.46. The quantitative estimate of drug-likeness (QED) is 0.634. The number of nitrogens with zero attached hydrogens (tertiary/aromatic N) is 1. The smallest absolute Gasteiger partial charge is 0.274 e. The summed E-state index contributed by atoms with van der Waals surface area (Å²) >= 11 is 3.21. The van der Waals surface area contributed by atoms with Crippen LogP contribution in [0.25, 0.3) is 0 Å². The van der Waals surface area contributed by atoms with Crippen LogP contribution in [0.1, 0.15) is 25.7 Å². The maximum atomic E-state index is 11.3. The minimum atomic E-state index is -0.469. The molecule has 2 rings (SSSR count). The predicted molar refractivity (Wildman–Crippen MR) is 68.7 cm³/mol. The molecule has 0 amide bonds. The van der Waals surface area contributed by atoms with Crippen molar-refractivity contribution in [2.24, 2.45) is 0 Å². The second-order valence-corrected chi connectivity index (χ2v) is 5.19. The molecule has 0 radical (unpaired) electrons. The maximum Gasteiger partial charge on any atom is 0.274 e. The second kappa shape index (κ2) is 5.48. The van der Waals surface area contributed by atoms with Crippen LogP contribution < -0.4 is 4.74 Å². The lowest BCUT2D eigenvalue weighted by Gasteiger charge is -2.22. The molecule has 0 N–H and O–H groups in total. The van der Waals surface area contributed by atoms with Gasteiger partial charge in [0.25, 0.3) is 5.69 Å². The molecule has 1 aromatic rings. The minimum Gasteiger partial charge on any atom is -0.490 e. The molecular weight excluding hydrogens is 302 g/mol. The molecule has 0 aromatic heterocycles. The number of hydrogen-bond acceptors (Lipinski definition) is 4. The minimum absolute atomic E-state index is 0.0264.